The number of hydrogen-bond donors (Lipinski definition) is 1. The molecule has 0 atom stereocenters. The molecular formula is C21H34N2O4S. The molecule has 0 aliphatic heterocycles. The van der Waals surface area contributed by atoms with Gasteiger partial charge in [0.2, 0.25) is 0 Å². The van der Waals surface area contributed by atoms with Gasteiger partial charge in [0.1, 0.15) is 12.5 Å². The topological polar surface area (TPSA) is 60.0 Å². The van der Waals surface area contributed by atoms with Crippen molar-refractivity contribution in [2.24, 2.45) is 0 Å². The number of ether oxygens (including phenoxy) is 3. The van der Waals surface area contributed by atoms with Crippen molar-refractivity contribution in [3.05, 3.63) is 24.3 Å². The van der Waals surface area contributed by atoms with Crippen LogP contribution in [0, 0.1) is 0 Å². The smallest absolute Gasteiger partial charge is 0.410 e. The maximum atomic E-state index is 12.7. The van der Waals surface area contributed by atoms with Gasteiger partial charge in [-0.25, -0.2) is 4.79 Å². The van der Waals surface area contributed by atoms with Crippen molar-refractivity contribution in [3.8, 4) is 5.75 Å². The van der Waals surface area contributed by atoms with Crippen molar-refractivity contribution < 1.29 is 19.0 Å². The lowest BCUT2D eigenvalue weighted by atomic mass is 10.1. The van der Waals surface area contributed by atoms with Gasteiger partial charge < -0.3 is 24.4 Å². The number of unbranched alkanes of at least 4 members (excludes halogenated alkanes) is 1. The Hall–Kier alpha value is -1.70. The Labute approximate surface area is 174 Å². The summed E-state index contributed by atoms with van der Waals surface area (Å²) in [6, 6.07) is 7.21. The molecule has 1 N–H and O–H groups in total. The minimum atomic E-state index is -0.418. The lowest BCUT2D eigenvalue weighted by molar-refractivity contribution is -0.0612. The first kappa shape index (κ1) is 24.3. The van der Waals surface area contributed by atoms with Crippen LogP contribution in [0.1, 0.15) is 53.9 Å². The van der Waals surface area contributed by atoms with Gasteiger partial charge in [0, 0.05) is 30.4 Å². The molecule has 0 heterocycles. The summed E-state index contributed by atoms with van der Waals surface area (Å²) in [5.41, 5.74) is 0.399. The zero-order valence-electron chi connectivity index (χ0n) is 17.7. The molecule has 158 valence electrons. The van der Waals surface area contributed by atoms with Crippen molar-refractivity contribution in [1.82, 2.24) is 4.90 Å². The number of nitrogens with zero attached hydrogens (tertiary/aromatic N) is 1. The first-order valence-electron chi connectivity index (χ1n) is 9.82. The van der Waals surface area contributed by atoms with E-state index in [1.165, 1.54) is 0 Å². The van der Waals surface area contributed by atoms with Crippen LogP contribution in [0.5, 0.6) is 5.75 Å². The van der Waals surface area contributed by atoms with Crippen LogP contribution in [0.3, 0.4) is 0 Å². The van der Waals surface area contributed by atoms with Gasteiger partial charge in [0.15, 0.2) is 0 Å². The molecule has 6 nitrogen and oxygen atoms in total. The largest absolute Gasteiger partial charge is 0.415 e. The highest BCUT2D eigenvalue weighted by molar-refractivity contribution is 7.80. The van der Waals surface area contributed by atoms with Crippen molar-refractivity contribution in [2.75, 3.05) is 31.9 Å². The van der Waals surface area contributed by atoms with Crippen LogP contribution in [0.4, 0.5) is 10.5 Å². The van der Waals surface area contributed by atoms with Gasteiger partial charge in [-0.05, 0) is 45.7 Å². The molecule has 0 aromatic heterocycles. The molecule has 0 aliphatic rings. The van der Waals surface area contributed by atoms with Gasteiger partial charge in [-0.15, -0.1) is 0 Å². The lowest BCUT2D eigenvalue weighted by Gasteiger charge is -2.34. The quantitative estimate of drug-likeness (QED) is 0.306. The summed E-state index contributed by atoms with van der Waals surface area (Å²) in [7, 11) is 0. The lowest BCUT2D eigenvalue weighted by Crippen LogP contribution is -2.48. The van der Waals surface area contributed by atoms with E-state index >= 15 is 0 Å². The molecule has 0 saturated carbocycles. The van der Waals surface area contributed by atoms with Crippen LogP contribution < -0.4 is 10.1 Å². The Morgan fingerprint density at radius 2 is 1.89 bits per heavy atom. The number of thiocarbonyl (C=S) groups is 1. The molecule has 1 aromatic rings. The first-order chi connectivity index (χ1) is 13.3. The van der Waals surface area contributed by atoms with Crippen LogP contribution in [0.25, 0.3) is 0 Å². The minimum absolute atomic E-state index is 0.234. The average Bonchev–Trinajstić information content (AvgIpc) is 2.63. The Kier molecular flexibility index (Phi) is 11.0. The molecular weight excluding hydrogens is 376 g/mol. The molecule has 28 heavy (non-hydrogen) atoms. The normalized spacial score (nSPS) is 11.2. The van der Waals surface area contributed by atoms with E-state index in [-0.39, 0.29) is 6.79 Å². The van der Waals surface area contributed by atoms with Crippen molar-refractivity contribution in [2.45, 2.75) is 59.4 Å². The van der Waals surface area contributed by atoms with Gasteiger partial charge >= 0.3 is 6.09 Å². The standard InChI is InChI=1S/C21H34N2O4S/c1-6-8-13-25-16-26-14-12-23(21(3,4)5)20(24)27-18-11-9-10-17(15-18)22-19(28)7-2/h9-11,15H,6-8,12-14,16H2,1-5H3,(H,22,28). The second-order valence-corrected chi connectivity index (χ2v) is 7.90. The number of carbonyl (C=O) groups excluding carboxylic acids is 1. The Balaban J connectivity index is 2.60. The van der Waals surface area contributed by atoms with Gasteiger partial charge in [0.25, 0.3) is 0 Å². The monoisotopic (exact) mass is 410 g/mol. The SMILES string of the molecule is CCCCOCOCCN(C(=O)Oc1cccc(NC(=S)CC)c1)C(C)(C)C. The molecule has 0 spiro atoms. The third-order valence-corrected chi connectivity index (χ3v) is 4.33. The van der Waals surface area contributed by atoms with Crippen molar-refractivity contribution in [1.29, 1.82) is 0 Å². The number of benzene rings is 1. The Bertz CT molecular complexity index is 617. The van der Waals surface area contributed by atoms with E-state index in [2.05, 4.69) is 12.2 Å². The number of hydrogen-bond acceptors (Lipinski definition) is 5. The second-order valence-electron chi connectivity index (χ2n) is 7.41. The zero-order chi connectivity index (χ0) is 21.0. The van der Waals surface area contributed by atoms with Crippen LogP contribution >= 0.6 is 12.2 Å². The van der Waals surface area contributed by atoms with E-state index in [0.29, 0.717) is 25.5 Å². The van der Waals surface area contributed by atoms with E-state index in [1.807, 2.05) is 39.8 Å². The fraction of sp³-hybridized carbons (Fsp3) is 0.619. The fourth-order valence-electron chi connectivity index (χ4n) is 2.32. The van der Waals surface area contributed by atoms with Gasteiger partial charge in [-0.1, -0.05) is 38.6 Å². The summed E-state index contributed by atoms with van der Waals surface area (Å²) in [5, 5.41) is 3.12. The first-order valence-corrected chi connectivity index (χ1v) is 10.2. The fourth-order valence-corrected chi connectivity index (χ4v) is 2.44. The molecule has 0 bridgehead atoms. The van der Waals surface area contributed by atoms with E-state index < -0.39 is 11.6 Å². The van der Waals surface area contributed by atoms with Crippen LogP contribution in [-0.2, 0) is 9.47 Å². The molecule has 1 amide bonds. The molecule has 1 rings (SSSR count). The predicted octanol–water partition coefficient (Wildman–Crippen LogP) is 5.23. The summed E-state index contributed by atoms with van der Waals surface area (Å²) in [6.07, 6.45) is 2.43. The number of amides is 1. The number of nitrogens with one attached hydrogen (secondary N) is 1. The molecule has 0 aliphatic carbocycles. The maximum absolute atomic E-state index is 12.7. The molecule has 7 heteroatoms. The van der Waals surface area contributed by atoms with Crippen molar-refractivity contribution >= 4 is 29.0 Å². The number of carbonyl (C=O) groups is 1. The summed E-state index contributed by atoms with van der Waals surface area (Å²) in [4.78, 5) is 15.1. The third-order valence-electron chi connectivity index (χ3n) is 3.94. The average molecular weight is 411 g/mol. The third kappa shape index (κ3) is 9.48. The summed E-state index contributed by atoms with van der Waals surface area (Å²) in [5.74, 6) is 0.465. The molecule has 0 unspecified atom stereocenters. The van der Waals surface area contributed by atoms with E-state index in [1.54, 1.807) is 17.0 Å². The Morgan fingerprint density at radius 3 is 2.54 bits per heavy atom. The van der Waals surface area contributed by atoms with Gasteiger partial charge in [0.05, 0.1) is 11.6 Å². The van der Waals surface area contributed by atoms with Crippen molar-refractivity contribution in [3.63, 3.8) is 0 Å². The van der Waals surface area contributed by atoms with Gasteiger partial charge in [-0.2, -0.15) is 0 Å². The van der Waals surface area contributed by atoms with Crippen LogP contribution in [0.2, 0.25) is 0 Å². The molecule has 0 fully saturated rings. The molecule has 0 saturated heterocycles. The number of anilines is 1. The summed E-state index contributed by atoms with van der Waals surface area (Å²) < 4.78 is 16.4. The van der Waals surface area contributed by atoms with E-state index in [4.69, 9.17) is 26.4 Å². The summed E-state index contributed by atoms with van der Waals surface area (Å²) in [6.45, 7) is 11.7. The van der Waals surface area contributed by atoms with Crippen LogP contribution in [-0.4, -0.2) is 48.1 Å². The highest BCUT2D eigenvalue weighted by atomic mass is 32.1. The second kappa shape index (κ2) is 12.7. The highest BCUT2D eigenvalue weighted by Gasteiger charge is 2.28. The number of rotatable bonds is 11. The maximum Gasteiger partial charge on any atom is 0.415 e. The highest BCUT2D eigenvalue weighted by Crippen LogP contribution is 2.21. The zero-order valence-corrected chi connectivity index (χ0v) is 18.6. The van der Waals surface area contributed by atoms with E-state index in [0.717, 1.165) is 29.9 Å². The van der Waals surface area contributed by atoms with E-state index in [9.17, 15) is 4.79 Å². The molecule has 0 radical (unpaired) electrons. The summed E-state index contributed by atoms with van der Waals surface area (Å²) >= 11 is 5.20. The Morgan fingerprint density at radius 1 is 1.18 bits per heavy atom. The van der Waals surface area contributed by atoms with Gasteiger partial charge in [-0.3, -0.25) is 0 Å². The minimum Gasteiger partial charge on any atom is -0.410 e. The molecule has 1 aromatic carbocycles. The predicted molar refractivity (Wildman–Crippen MR) is 117 cm³/mol. The van der Waals surface area contributed by atoms with Crippen LogP contribution in [0.15, 0.2) is 24.3 Å².